The van der Waals surface area contributed by atoms with Crippen LogP contribution in [0.15, 0.2) is 18.2 Å². The number of carbonyl (C=O) groups excluding carboxylic acids is 3. The average molecular weight is 708 g/mol. The Labute approximate surface area is 277 Å². The Kier molecular flexibility index (Phi) is 9.17. The molecule has 4 aliphatic rings. The first-order chi connectivity index (χ1) is 22.5. The van der Waals surface area contributed by atoms with Gasteiger partial charge in [-0.25, -0.2) is 13.6 Å². The summed E-state index contributed by atoms with van der Waals surface area (Å²) in [5, 5.41) is 11.7. The quantitative estimate of drug-likeness (QED) is 0.371. The number of carbonyl (C=O) groups is 3. The molecule has 270 valence electrons. The molecular formula is C32H37F8N5O4. The number of hydrogen-bond donors (Lipinski definition) is 1. The number of amides is 3. The van der Waals surface area contributed by atoms with Crippen molar-refractivity contribution in [2.45, 2.75) is 94.9 Å². The van der Waals surface area contributed by atoms with Gasteiger partial charge in [-0.1, -0.05) is 12.1 Å². The smallest absolute Gasteiger partial charge is 0.416 e. The molecule has 2 aliphatic carbocycles. The SMILES string of the molecule is CC(C)(C)OC(=O)N1CCN(Cc2ccc(C(F)(F)[C@@H]3C[C@@H](C(=O)NC4(C#N)CC4)N(C(=O)C4(C(F)(F)F)CC4)C3)c(C(F)(F)F)c2)CC1. The fourth-order valence-electron chi connectivity index (χ4n) is 6.41. The topological polar surface area (TPSA) is 106 Å². The number of nitrogens with one attached hydrogen (secondary N) is 1. The summed E-state index contributed by atoms with van der Waals surface area (Å²) >= 11 is 0. The van der Waals surface area contributed by atoms with E-state index in [1.165, 1.54) is 4.90 Å². The van der Waals surface area contributed by atoms with Gasteiger partial charge in [-0.05, 0) is 64.5 Å². The molecule has 1 N–H and O–H groups in total. The van der Waals surface area contributed by atoms with Gasteiger partial charge in [0.2, 0.25) is 11.8 Å². The summed E-state index contributed by atoms with van der Waals surface area (Å²) in [5.74, 6) is -9.15. The van der Waals surface area contributed by atoms with Crippen LogP contribution in [0.1, 0.15) is 69.6 Å². The van der Waals surface area contributed by atoms with Gasteiger partial charge in [-0.15, -0.1) is 0 Å². The first-order valence-electron chi connectivity index (χ1n) is 15.9. The number of nitrogens with zero attached hydrogens (tertiary/aromatic N) is 4. The van der Waals surface area contributed by atoms with E-state index in [9.17, 15) is 46.0 Å². The van der Waals surface area contributed by atoms with Gasteiger partial charge in [0.15, 0.2) is 0 Å². The minimum absolute atomic E-state index is 0.0504. The molecule has 5 rings (SSSR count). The van der Waals surface area contributed by atoms with Crippen LogP contribution < -0.4 is 5.32 Å². The number of hydrogen-bond acceptors (Lipinski definition) is 6. The first-order valence-corrected chi connectivity index (χ1v) is 15.9. The molecule has 0 bridgehead atoms. The molecule has 0 radical (unpaired) electrons. The molecule has 1 aromatic rings. The molecule has 0 spiro atoms. The number of piperazine rings is 1. The first kappa shape index (κ1) is 36.6. The molecule has 2 aliphatic heterocycles. The van der Waals surface area contributed by atoms with Crippen molar-refractivity contribution in [1.82, 2.24) is 20.0 Å². The number of halogens is 8. The number of rotatable bonds is 7. The summed E-state index contributed by atoms with van der Waals surface area (Å²) in [4.78, 5) is 42.4. The van der Waals surface area contributed by atoms with Crippen LogP contribution in [-0.4, -0.2) is 88.7 Å². The standard InChI is InChI=1S/C32H37F8N5O4/c1-27(2,3)49-26(48)44-12-10-43(11-13-44)16-19-4-5-21(22(14-19)31(35,36)37)30(33,34)20-15-23(24(46)42-28(18-41)6-7-28)45(17-20)25(47)29(8-9-29)32(38,39)40/h4-5,14,20,23H,6-13,15-17H2,1-3H3,(H,42,46)/t20-,23+/m1/s1. The highest BCUT2D eigenvalue weighted by Crippen LogP contribution is 2.60. The van der Waals surface area contributed by atoms with Crippen molar-refractivity contribution in [3.8, 4) is 6.07 Å². The number of benzene rings is 1. The third kappa shape index (κ3) is 7.44. The summed E-state index contributed by atoms with van der Waals surface area (Å²) in [5.41, 5.74) is -7.93. The average Bonchev–Trinajstić information content (AvgIpc) is 3.92. The van der Waals surface area contributed by atoms with E-state index in [4.69, 9.17) is 4.74 Å². The van der Waals surface area contributed by atoms with Crippen LogP contribution in [0, 0.1) is 22.7 Å². The van der Waals surface area contributed by atoms with Gasteiger partial charge in [-0.2, -0.15) is 31.6 Å². The van der Waals surface area contributed by atoms with Crippen LogP contribution in [0.4, 0.5) is 39.9 Å². The van der Waals surface area contributed by atoms with Crippen molar-refractivity contribution >= 4 is 17.9 Å². The largest absolute Gasteiger partial charge is 0.444 e. The van der Waals surface area contributed by atoms with Crippen molar-refractivity contribution in [2.24, 2.45) is 11.3 Å². The molecule has 2 heterocycles. The summed E-state index contributed by atoms with van der Waals surface area (Å²) < 4.78 is 122. The van der Waals surface area contributed by atoms with Gasteiger partial charge in [0.05, 0.1) is 11.6 Å². The zero-order chi connectivity index (χ0) is 36.4. The summed E-state index contributed by atoms with van der Waals surface area (Å²) in [6.45, 7) is 5.00. The van der Waals surface area contributed by atoms with E-state index in [-0.39, 0.29) is 51.1 Å². The fraction of sp³-hybridized carbons (Fsp3) is 0.688. The van der Waals surface area contributed by atoms with E-state index in [1.54, 1.807) is 25.7 Å². The molecule has 0 aromatic heterocycles. The maximum Gasteiger partial charge on any atom is 0.416 e. The Morgan fingerprint density at radius 3 is 2.04 bits per heavy atom. The highest BCUT2D eigenvalue weighted by Gasteiger charge is 2.71. The third-order valence-electron chi connectivity index (χ3n) is 9.58. The second-order valence-electron chi connectivity index (χ2n) is 14.4. The summed E-state index contributed by atoms with van der Waals surface area (Å²) in [6.07, 6.45) is -12.5. The molecule has 9 nitrogen and oxygen atoms in total. The number of nitriles is 1. The Morgan fingerprint density at radius 2 is 1.55 bits per heavy atom. The van der Waals surface area contributed by atoms with E-state index >= 15 is 8.78 Å². The van der Waals surface area contributed by atoms with Crippen LogP contribution in [0.25, 0.3) is 0 Å². The molecule has 3 amide bonds. The van der Waals surface area contributed by atoms with Crippen molar-refractivity contribution in [3.63, 3.8) is 0 Å². The van der Waals surface area contributed by atoms with Crippen LogP contribution in [0.3, 0.4) is 0 Å². The Hall–Kier alpha value is -3.68. The zero-order valence-electron chi connectivity index (χ0n) is 27.1. The lowest BCUT2D eigenvalue weighted by Gasteiger charge is -2.35. The summed E-state index contributed by atoms with van der Waals surface area (Å²) in [6, 6.07) is 2.32. The van der Waals surface area contributed by atoms with Crippen LogP contribution in [0.2, 0.25) is 0 Å². The molecule has 49 heavy (non-hydrogen) atoms. The van der Waals surface area contributed by atoms with Crippen molar-refractivity contribution in [3.05, 3.63) is 34.9 Å². The Bertz CT molecular complexity index is 1520. The lowest BCUT2D eigenvalue weighted by molar-refractivity contribution is -0.199. The molecule has 1 aromatic carbocycles. The van der Waals surface area contributed by atoms with Crippen LogP contribution >= 0.6 is 0 Å². The molecule has 2 saturated heterocycles. The van der Waals surface area contributed by atoms with Gasteiger partial charge < -0.3 is 19.9 Å². The van der Waals surface area contributed by atoms with Gasteiger partial charge in [0, 0.05) is 50.7 Å². The molecule has 2 atom stereocenters. The van der Waals surface area contributed by atoms with Gasteiger partial charge >= 0.3 is 18.4 Å². The fourth-order valence-corrected chi connectivity index (χ4v) is 6.41. The minimum atomic E-state index is -5.26. The van der Waals surface area contributed by atoms with Crippen LogP contribution in [-0.2, 0) is 33.0 Å². The highest BCUT2D eigenvalue weighted by molar-refractivity contribution is 5.93. The summed E-state index contributed by atoms with van der Waals surface area (Å²) in [7, 11) is 0. The van der Waals surface area contributed by atoms with E-state index < -0.39 is 102 Å². The van der Waals surface area contributed by atoms with Crippen LogP contribution in [0.5, 0.6) is 0 Å². The van der Waals surface area contributed by atoms with Crippen molar-refractivity contribution in [1.29, 1.82) is 5.26 Å². The zero-order valence-corrected chi connectivity index (χ0v) is 27.1. The maximum absolute atomic E-state index is 16.2. The van der Waals surface area contributed by atoms with Gasteiger partial charge in [0.25, 0.3) is 5.92 Å². The third-order valence-corrected chi connectivity index (χ3v) is 9.58. The number of alkyl halides is 8. The molecule has 17 heteroatoms. The lowest BCUT2D eigenvalue weighted by Crippen LogP contribution is -2.53. The van der Waals surface area contributed by atoms with Gasteiger partial charge in [0.1, 0.15) is 22.6 Å². The molecular weight excluding hydrogens is 670 g/mol. The van der Waals surface area contributed by atoms with Crippen molar-refractivity contribution < 1.29 is 54.2 Å². The van der Waals surface area contributed by atoms with E-state index in [0.29, 0.717) is 17.0 Å². The number of ether oxygens (including phenoxy) is 1. The second-order valence-corrected chi connectivity index (χ2v) is 14.4. The minimum Gasteiger partial charge on any atom is -0.444 e. The van der Waals surface area contributed by atoms with E-state index in [1.807, 2.05) is 6.07 Å². The van der Waals surface area contributed by atoms with Crippen molar-refractivity contribution in [2.75, 3.05) is 32.7 Å². The molecule has 0 unspecified atom stereocenters. The Morgan fingerprint density at radius 1 is 0.939 bits per heavy atom. The molecule has 2 saturated carbocycles. The maximum atomic E-state index is 16.2. The molecule has 4 fully saturated rings. The predicted octanol–water partition coefficient (Wildman–Crippen LogP) is 5.58. The number of likely N-dealkylation sites (tertiary alicyclic amines) is 1. The monoisotopic (exact) mass is 707 g/mol. The van der Waals surface area contributed by atoms with Gasteiger partial charge in [-0.3, -0.25) is 14.5 Å². The lowest BCUT2D eigenvalue weighted by atomic mass is 9.88. The Balaban J connectivity index is 1.36. The van der Waals surface area contributed by atoms with E-state index in [2.05, 4.69) is 5.32 Å². The highest BCUT2D eigenvalue weighted by atomic mass is 19.4. The normalized spacial score (nSPS) is 23.9. The van der Waals surface area contributed by atoms with E-state index in [0.717, 1.165) is 6.07 Å². The second kappa shape index (κ2) is 12.3. The predicted molar refractivity (Wildman–Crippen MR) is 155 cm³/mol.